The fourth-order valence-corrected chi connectivity index (χ4v) is 2.38. The summed E-state index contributed by atoms with van der Waals surface area (Å²) in [5.74, 6) is -0.230. The van der Waals surface area contributed by atoms with E-state index in [2.05, 4.69) is 31.2 Å². The lowest BCUT2D eigenvalue weighted by molar-refractivity contribution is -0.132. The van der Waals surface area contributed by atoms with E-state index in [1.165, 1.54) is 6.20 Å². The molecule has 1 aliphatic heterocycles. The van der Waals surface area contributed by atoms with Crippen molar-refractivity contribution in [2.45, 2.75) is 19.4 Å². The Morgan fingerprint density at radius 3 is 3.00 bits per heavy atom. The maximum atomic E-state index is 11.8. The molecule has 0 aromatic carbocycles. The number of imide groups is 1. The number of aromatic nitrogens is 2. The monoisotopic (exact) mass is 332 g/mol. The minimum Gasteiger partial charge on any atom is -0.334 e. The molecule has 0 saturated carbocycles. The molecule has 0 radical (unpaired) electrons. The zero-order valence-electron chi connectivity index (χ0n) is 9.48. The van der Waals surface area contributed by atoms with Gasteiger partial charge in [-0.15, -0.1) is 0 Å². The number of nitrogens with one attached hydrogen (secondary N) is 1. The van der Waals surface area contributed by atoms with Crippen molar-refractivity contribution in [1.29, 1.82) is 0 Å². The van der Waals surface area contributed by atoms with E-state index in [4.69, 9.17) is 11.6 Å². The van der Waals surface area contributed by atoms with E-state index >= 15 is 0 Å². The fraction of sp³-hybridized carbons (Fsp3) is 0.400. The molecule has 0 bridgehead atoms. The van der Waals surface area contributed by atoms with Crippen molar-refractivity contribution in [2.24, 2.45) is 0 Å². The van der Waals surface area contributed by atoms with E-state index in [1.54, 1.807) is 4.90 Å². The minimum absolute atomic E-state index is 0.0657. The van der Waals surface area contributed by atoms with Crippen LogP contribution in [-0.2, 0) is 9.59 Å². The summed E-state index contributed by atoms with van der Waals surface area (Å²) in [7, 11) is 0. The Morgan fingerprint density at radius 2 is 2.33 bits per heavy atom. The zero-order chi connectivity index (χ0) is 13.3. The number of halogens is 2. The molecule has 2 rings (SSSR count). The molecule has 2 amide bonds. The molecule has 2 heterocycles. The Balaban J connectivity index is 2.42. The topological polar surface area (TPSA) is 75.2 Å². The van der Waals surface area contributed by atoms with E-state index in [0.29, 0.717) is 16.7 Å². The number of anilines is 1. The summed E-state index contributed by atoms with van der Waals surface area (Å²) in [6.45, 7) is 1.93. The summed E-state index contributed by atoms with van der Waals surface area (Å²) in [5.41, 5.74) is 0. The molecular weight excluding hydrogens is 323 g/mol. The Bertz CT molecular complexity index is 511. The van der Waals surface area contributed by atoms with Gasteiger partial charge in [0.15, 0.2) is 0 Å². The highest BCUT2D eigenvalue weighted by Crippen LogP contribution is 2.27. The summed E-state index contributed by atoms with van der Waals surface area (Å²) in [4.78, 5) is 32.7. The Morgan fingerprint density at radius 1 is 1.61 bits per heavy atom. The van der Waals surface area contributed by atoms with Crippen LogP contribution in [0, 0.1) is 0 Å². The molecule has 96 valence electrons. The van der Waals surface area contributed by atoms with E-state index in [-0.39, 0.29) is 23.6 Å². The number of hydrogen-bond acceptors (Lipinski definition) is 5. The second-order valence-electron chi connectivity index (χ2n) is 3.77. The zero-order valence-corrected chi connectivity index (χ0v) is 11.8. The highest BCUT2D eigenvalue weighted by atomic mass is 79.9. The second kappa shape index (κ2) is 5.19. The highest BCUT2D eigenvalue weighted by Gasteiger charge is 2.34. The number of carbonyl (C=O) groups is 2. The van der Waals surface area contributed by atoms with Gasteiger partial charge in [-0.05, 0) is 34.0 Å². The van der Waals surface area contributed by atoms with Crippen molar-refractivity contribution >= 4 is 45.2 Å². The van der Waals surface area contributed by atoms with Gasteiger partial charge >= 0.3 is 0 Å². The Hall–Kier alpha value is -1.21. The van der Waals surface area contributed by atoms with Gasteiger partial charge < -0.3 is 4.90 Å². The van der Waals surface area contributed by atoms with Gasteiger partial charge in [0.2, 0.25) is 17.1 Å². The van der Waals surface area contributed by atoms with E-state index in [0.717, 1.165) is 0 Å². The summed E-state index contributed by atoms with van der Waals surface area (Å²) >= 11 is 9.04. The van der Waals surface area contributed by atoms with E-state index < -0.39 is 6.04 Å². The molecule has 1 atom stereocenters. The number of amides is 2. The lowest BCUT2D eigenvalue weighted by Crippen LogP contribution is -2.58. The molecule has 1 N–H and O–H groups in total. The van der Waals surface area contributed by atoms with Crippen LogP contribution in [0.15, 0.2) is 10.7 Å². The second-order valence-corrected chi connectivity index (χ2v) is 4.97. The van der Waals surface area contributed by atoms with Gasteiger partial charge in [0, 0.05) is 6.20 Å². The fourth-order valence-electron chi connectivity index (χ4n) is 1.83. The molecule has 1 fully saturated rings. The van der Waals surface area contributed by atoms with Gasteiger partial charge in [-0.1, -0.05) is 6.92 Å². The molecule has 18 heavy (non-hydrogen) atoms. The summed E-state index contributed by atoms with van der Waals surface area (Å²) < 4.78 is 0.591. The lowest BCUT2D eigenvalue weighted by atomic mass is 10.1. The van der Waals surface area contributed by atoms with Crippen LogP contribution < -0.4 is 10.2 Å². The Kier molecular flexibility index (Phi) is 3.82. The first-order valence-electron chi connectivity index (χ1n) is 5.31. The van der Waals surface area contributed by atoms with Crippen LogP contribution in [0.1, 0.15) is 13.3 Å². The van der Waals surface area contributed by atoms with Crippen molar-refractivity contribution in [1.82, 2.24) is 15.3 Å². The number of rotatable bonds is 2. The number of piperazine rings is 1. The molecule has 8 heteroatoms. The molecule has 0 aliphatic carbocycles. The first-order valence-corrected chi connectivity index (χ1v) is 6.48. The average Bonchev–Trinajstić information content (AvgIpc) is 2.31. The van der Waals surface area contributed by atoms with Crippen LogP contribution in [0.25, 0.3) is 0 Å². The predicted molar refractivity (Wildman–Crippen MR) is 69.3 cm³/mol. The minimum atomic E-state index is -0.440. The molecule has 1 unspecified atom stereocenters. The van der Waals surface area contributed by atoms with Gasteiger partial charge in [-0.2, -0.15) is 4.98 Å². The van der Waals surface area contributed by atoms with Crippen molar-refractivity contribution < 1.29 is 9.59 Å². The molecule has 0 spiro atoms. The van der Waals surface area contributed by atoms with Crippen LogP contribution in [0.3, 0.4) is 0 Å². The van der Waals surface area contributed by atoms with Crippen LogP contribution in [0.4, 0.5) is 5.82 Å². The quantitative estimate of drug-likeness (QED) is 0.649. The summed E-state index contributed by atoms with van der Waals surface area (Å²) in [6, 6.07) is -0.440. The molecule has 1 aromatic rings. The van der Waals surface area contributed by atoms with Gasteiger partial charge in [0.25, 0.3) is 0 Å². The van der Waals surface area contributed by atoms with Gasteiger partial charge in [0.1, 0.15) is 11.9 Å². The number of nitrogens with zero attached hydrogens (tertiary/aromatic N) is 3. The molecule has 1 aliphatic rings. The van der Waals surface area contributed by atoms with Gasteiger partial charge in [-0.3, -0.25) is 14.9 Å². The van der Waals surface area contributed by atoms with Crippen molar-refractivity contribution in [2.75, 3.05) is 11.4 Å². The maximum Gasteiger partial charge on any atom is 0.249 e. The third-order valence-corrected chi connectivity index (χ3v) is 3.35. The standard InChI is InChI=1S/C10H10BrClN4O2/c1-2-6-9(18)14-7(17)4-16(6)8-5(11)3-13-10(12)15-8/h3,6H,2,4H2,1H3,(H,14,17,18). The van der Waals surface area contributed by atoms with Gasteiger partial charge in [-0.25, -0.2) is 4.98 Å². The SMILES string of the molecule is CCC1C(=O)NC(=O)CN1c1nc(Cl)ncc1Br. The lowest BCUT2D eigenvalue weighted by Gasteiger charge is -2.34. The van der Waals surface area contributed by atoms with Crippen LogP contribution in [0.5, 0.6) is 0 Å². The maximum absolute atomic E-state index is 11.8. The average molecular weight is 334 g/mol. The van der Waals surface area contributed by atoms with Gasteiger partial charge in [0.05, 0.1) is 11.0 Å². The van der Waals surface area contributed by atoms with Crippen molar-refractivity contribution in [3.63, 3.8) is 0 Å². The molecular formula is C10H10BrClN4O2. The summed E-state index contributed by atoms with van der Waals surface area (Å²) in [5, 5.41) is 2.37. The third-order valence-electron chi connectivity index (χ3n) is 2.61. The largest absolute Gasteiger partial charge is 0.334 e. The van der Waals surface area contributed by atoms with Crippen LogP contribution >= 0.6 is 27.5 Å². The predicted octanol–water partition coefficient (Wildman–Crippen LogP) is 1.13. The molecule has 1 saturated heterocycles. The van der Waals surface area contributed by atoms with E-state index in [1.807, 2.05) is 6.92 Å². The summed E-state index contributed by atoms with van der Waals surface area (Å²) in [6.07, 6.45) is 2.06. The smallest absolute Gasteiger partial charge is 0.249 e. The van der Waals surface area contributed by atoms with E-state index in [9.17, 15) is 9.59 Å². The number of hydrogen-bond donors (Lipinski definition) is 1. The first kappa shape index (κ1) is 13.2. The van der Waals surface area contributed by atoms with Crippen molar-refractivity contribution in [3.8, 4) is 0 Å². The normalized spacial score (nSPS) is 19.9. The number of carbonyl (C=O) groups excluding carboxylic acids is 2. The molecule has 6 nitrogen and oxygen atoms in total. The highest BCUT2D eigenvalue weighted by molar-refractivity contribution is 9.10. The Labute approximate surface area is 117 Å². The van der Waals surface area contributed by atoms with Crippen LogP contribution in [0.2, 0.25) is 5.28 Å². The molecule has 1 aromatic heterocycles. The van der Waals surface area contributed by atoms with Crippen LogP contribution in [-0.4, -0.2) is 34.4 Å². The van der Waals surface area contributed by atoms with Crippen molar-refractivity contribution in [3.05, 3.63) is 16.0 Å². The first-order chi connectivity index (χ1) is 8.52. The third kappa shape index (κ3) is 2.46.